The van der Waals surface area contributed by atoms with Crippen LogP contribution < -0.4 is 5.32 Å². The van der Waals surface area contributed by atoms with Crippen LogP contribution in [-0.2, 0) is 38.1 Å². The minimum atomic E-state index is -1.74. The molecule has 5 N–H and O–H groups in total. The monoisotopic (exact) mass is 565 g/mol. The van der Waals surface area contributed by atoms with Gasteiger partial charge in [0.1, 0.15) is 24.9 Å². The second-order valence-electron chi connectivity index (χ2n) is 10.4. The van der Waals surface area contributed by atoms with Gasteiger partial charge in [-0.15, -0.1) is 0 Å². The maximum absolute atomic E-state index is 12.6. The number of amides is 1. The summed E-state index contributed by atoms with van der Waals surface area (Å²) in [7, 11) is 1.54. The highest BCUT2D eigenvalue weighted by Crippen LogP contribution is 2.39. The molecule has 0 saturated carbocycles. The molecule has 1 saturated heterocycles. The number of aliphatic hydroxyl groups excluding tert-OH is 4. The molecule has 0 aromatic carbocycles. The summed E-state index contributed by atoms with van der Waals surface area (Å²) in [6, 6.07) is -1.24. The second-order valence-corrected chi connectivity index (χ2v) is 10.4. The Morgan fingerprint density at radius 3 is 2.36 bits per heavy atom. The molecule has 13 nitrogen and oxygen atoms in total. The van der Waals surface area contributed by atoms with E-state index in [1.165, 1.54) is 7.11 Å². The van der Waals surface area contributed by atoms with Crippen LogP contribution in [0.25, 0.3) is 0 Å². The van der Waals surface area contributed by atoms with Crippen molar-refractivity contribution >= 4 is 18.3 Å². The van der Waals surface area contributed by atoms with Crippen LogP contribution in [0.5, 0.6) is 0 Å². The molecule has 0 aliphatic carbocycles. The standard InChI is InChI=1S/C26H47NO12/c1-16(2)18(4)17(3)12-26(38-15-29)13-19(30)23(25(39-26)24(34)20(31)14-28)27-21(32)6-7-22(33)37-11-10-36-9-8-35-5/h15-20,23-25,28,30-31,34H,6-14H2,1-5H3,(H,27,32). The van der Waals surface area contributed by atoms with Gasteiger partial charge in [0.05, 0.1) is 45.0 Å². The molecule has 1 aliphatic heterocycles. The lowest BCUT2D eigenvalue weighted by atomic mass is 9.79. The molecule has 1 rings (SSSR count). The Hall–Kier alpha value is -1.87. The number of methoxy groups -OCH3 is 1. The van der Waals surface area contributed by atoms with E-state index in [4.69, 9.17) is 23.7 Å². The zero-order valence-electron chi connectivity index (χ0n) is 23.6. The topological polar surface area (TPSA) is 190 Å². The Bertz CT molecular complexity index is 738. The van der Waals surface area contributed by atoms with Crippen molar-refractivity contribution in [2.45, 2.75) is 89.6 Å². The number of carbonyl (C=O) groups excluding carboxylic acids is 3. The van der Waals surface area contributed by atoms with Gasteiger partial charge in [0.2, 0.25) is 11.7 Å². The van der Waals surface area contributed by atoms with Gasteiger partial charge in [-0.3, -0.25) is 14.4 Å². The van der Waals surface area contributed by atoms with Crippen LogP contribution in [0.1, 0.15) is 53.4 Å². The maximum atomic E-state index is 12.6. The van der Waals surface area contributed by atoms with E-state index in [0.29, 0.717) is 19.1 Å². The van der Waals surface area contributed by atoms with E-state index in [0.717, 1.165) is 0 Å². The first-order valence-electron chi connectivity index (χ1n) is 13.4. The van der Waals surface area contributed by atoms with Gasteiger partial charge in [0.15, 0.2) is 0 Å². The van der Waals surface area contributed by atoms with E-state index in [2.05, 4.69) is 5.32 Å². The largest absolute Gasteiger partial charge is 0.463 e. The minimum absolute atomic E-state index is 0.0132. The molecule has 39 heavy (non-hydrogen) atoms. The SMILES string of the molecule is COCCOCCOC(=O)CCC(=O)NC1C(O)CC(CC(C)C(C)C(C)C)(OC=O)OC1C(O)C(O)CO. The van der Waals surface area contributed by atoms with Gasteiger partial charge < -0.3 is 49.4 Å². The van der Waals surface area contributed by atoms with E-state index < -0.39 is 54.7 Å². The first-order valence-corrected chi connectivity index (χ1v) is 13.4. The zero-order chi connectivity index (χ0) is 29.6. The van der Waals surface area contributed by atoms with Crippen molar-refractivity contribution in [3.63, 3.8) is 0 Å². The van der Waals surface area contributed by atoms with Crippen LogP contribution in [-0.4, -0.2) is 115 Å². The molecule has 0 aromatic heterocycles. The van der Waals surface area contributed by atoms with Gasteiger partial charge in [-0.2, -0.15) is 0 Å². The third-order valence-corrected chi connectivity index (χ3v) is 7.21. The fourth-order valence-corrected chi connectivity index (χ4v) is 4.50. The van der Waals surface area contributed by atoms with Crippen LogP contribution in [0, 0.1) is 17.8 Å². The van der Waals surface area contributed by atoms with Gasteiger partial charge in [0.25, 0.3) is 6.47 Å². The summed E-state index contributed by atoms with van der Waals surface area (Å²) in [5.74, 6) is -2.43. The highest BCUT2D eigenvalue weighted by molar-refractivity contribution is 5.81. The van der Waals surface area contributed by atoms with E-state index in [1.54, 1.807) is 0 Å². The number of esters is 1. The molecular weight excluding hydrogens is 518 g/mol. The Kier molecular flexibility index (Phi) is 16.0. The summed E-state index contributed by atoms with van der Waals surface area (Å²) < 4.78 is 26.4. The van der Waals surface area contributed by atoms with Crippen molar-refractivity contribution in [1.29, 1.82) is 0 Å². The van der Waals surface area contributed by atoms with E-state index >= 15 is 0 Å². The summed E-state index contributed by atoms with van der Waals surface area (Å²) in [6.07, 6.45) is -6.77. The number of nitrogens with one attached hydrogen (secondary N) is 1. The Morgan fingerprint density at radius 2 is 1.77 bits per heavy atom. The lowest BCUT2D eigenvalue weighted by molar-refractivity contribution is -0.309. The van der Waals surface area contributed by atoms with Crippen LogP contribution in [0.15, 0.2) is 0 Å². The molecule has 228 valence electrons. The van der Waals surface area contributed by atoms with E-state index in [1.807, 2.05) is 27.7 Å². The van der Waals surface area contributed by atoms with Gasteiger partial charge in [-0.1, -0.05) is 27.7 Å². The van der Waals surface area contributed by atoms with Gasteiger partial charge in [0, 0.05) is 26.4 Å². The second kappa shape index (κ2) is 17.7. The fraction of sp³-hybridized carbons (Fsp3) is 0.885. The van der Waals surface area contributed by atoms with Crippen LogP contribution in [0.4, 0.5) is 0 Å². The van der Waals surface area contributed by atoms with Crippen molar-refractivity contribution in [2.24, 2.45) is 17.8 Å². The van der Waals surface area contributed by atoms with E-state index in [-0.39, 0.29) is 57.2 Å². The molecule has 1 aliphatic rings. The number of hydrogen-bond acceptors (Lipinski definition) is 12. The summed E-state index contributed by atoms with van der Waals surface area (Å²) in [5.41, 5.74) is 0. The lowest BCUT2D eigenvalue weighted by Crippen LogP contribution is -2.66. The van der Waals surface area contributed by atoms with Crippen molar-refractivity contribution in [1.82, 2.24) is 5.32 Å². The third-order valence-electron chi connectivity index (χ3n) is 7.21. The smallest absolute Gasteiger partial charge is 0.306 e. The number of carbonyl (C=O) groups is 3. The Morgan fingerprint density at radius 1 is 1.10 bits per heavy atom. The molecule has 1 amide bonds. The van der Waals surface area contributed by atoms with Crippen molar-refractivity contribution in [3.8, 4) is 0 Å². The van der Waals surface area contributed by atoms with Crippen molar-refractivity contribution in [3.05, 3.63) is 0 Å². The minimum Gasteiger partial charge on any atom is -0.463 e. The fourth-order valence-electron chi connectivity index (χ4n) is 4.50. The average Bonchev–Trinajstić information content (AvgIpc) is 2.89. The molecule has 0 radical (unpaired) electrons. The zero-order valence-corrected chi connectivity index (χ0v) is 23.6. The Labute approximate surface area is 230 Å². The van der Waals surface area contributed by atoms with Gasteiger partial charge >= 0.3 is 5.97 Å². The summed E-state index contributed by atoms with van der Waals surface area (Å²) >= 11 is 0. The van der Waals surface area contributed by atoms with Crippen molar-refractivity contribution < 1.29 is 58.5 Å². The molecule has 1 fully saturated rings. The predicted octanol–water partition coefficient (Wildman–Crippen LogP) is -0.491. The van der Waals surface area contributed by atoms with E-state index in [9.17, 15) is 34.8 Å². The van der Waals surface area contributed by atoms with Crippen molar-refractivity contribution in [2.75, 3.05) is 40.1 Å². The van der Waals surface area contributed by atoms with Crippen LogP contribution >= 0.6 is 0 Å². The molecule has 0 spiro atoms. The lowest BCUT2D eigenvalue weighted by Gasteiger charge is -2.49. The molecule has 8 atom stereocenters. The molecule has 0 aromatic rings. The molecule has 8 unspecified atom stereocenters. The molecule has 0 bridgehead atoms. The summed E-state index contributed by atoms with van der Waals surface area (Å²) in [6.45, 7) is 8.42. The molecule has 13 heteroatoms. The molecular formula is C26H47NO12. The first-order chi connectivity index (χ1) is 18.4. The maximum Gasteiger partial charge on any atom is 0.306 e. The van der Waals surface area contributed by atoms with Crippen LogP contribution in [0.3, 0.4) is 0 Å². The highest BCUT2D eigenvalue weighted by Gasteiger charge is 2.52. The summed E-state index contributed by atoms with van der Waals surface area (Å²) in [5, 5.41) is 43.8. The first kappa shape index (κ1) is 35.2. The number of rotatable bonds is 19. The highest BCUT2D eigenvalue weighted by atomic mass is 16.7. The average molecular weight is 566 g/mol. The predicted molar refractivity (Wildman–Crippen MR) is 137 cm³/mol. The van der Waals surface area contributed by atoms with Gasteiger partial charge in [-0.25, -0.2) is 0 Å². The quantitative estimate of drug-likeness (QED) is 0.0768. The van der Waals surface area contributed by atoms with Crippen LogP contribution in [0.2, 0.25) is 0 Å². The Balaban J connectivity index is 2.91. The number of ether oxygens (including phenoxy) is 5. The third kappa shape index (κ3) is 11.6. The molecule has 1 heterocycles. The number of hydrogen-bond donors (Lipinski definition) is 5. The number of aliphatic hydroxyl groups is 4. The van der Waals surface area contributed by atoms with Gasteiger partial charge in [-0.05, 0) is 17.8 Å². The summed E-state index contributed by atoms with van der Waals surface area (Å²) in [4.78, 5) is 36.0. The normalized spacial score (nSPS) is 26.4.